The van der Waals surface area contributed by atoms with Crippen molar-refractivity contribution in [3.8, 4) is 0 Å². The van der Waals surface area contributed by atoms with Crippen LogP contribution in [0.4, 0.5) is 0 Å². The van der Waals surface area contributed by atoms with E-state index in [1.165, 1.54) is 0 Å². The van der Waals surface area contributed by atoms with Crippen molar-refractivity contribution >= 4 is 5.97 Å². The van der Waals surface area contributed by atoms with Gasteiger partial charge in [0, 0.05) is 0 Å². The molecule has 88 valence electrons. The van der Waals surface area contributed by atoms with E-state index in [1.807, 2.05) is 27.7 Å². The molecule has 4 heteroatoms. The fourth-order valence-electron chi connectivity index (χ4n) is 2.78. The van der Waals surface area contributed by atoms with E-state index in [0.29, 0.717) is 6.42 Å². The number of carbonyl (C=O) groups is 1. The van der Waals surface area contributed by atoms with Gasteiger partial charge in [-0.1, -0.05) is 0 Å². The van der Waals surface area contributed by atoms with Gasteiger partial charge in [0.15, 0.2) is 0 Å². The standard InChI is InChI=1S/C11H21NO3/c1-9(2)7-11(12-5,6-8(13)14)10(3,4)15-9/h12H,6-7H2,1-5H3,(H,13,14). The first kappa shape index (κ1) is 12.5. The Kier molecular flexibility index (Phi) is 2.87. The van der Waals surface area contributed by atoms with Crippen LogP contribution in [0.5, 0.6) is 0 Å². The second kappa shape index (κ2) is 3.46. The van der Waals surface area contributed by atoms with Gasteiger partial charge in [-0.15, -0.1) is 0 Å². The van der Waals surface area contributed by atoms with Crippen LogP contribution in [0.15, 0.2) is 0 Å². The summed E-state index contributed by atoms with van der Waals surface area (Å²) >= 11 is 0. The first-order valence-electron chi connectivity index (χ1n) is 5.25. The van der Waals surface area contributed by atoms with Crippen molar-refractivity contribution in [2.75, 3.05) is 7.05 Å². The van der Waals surface area contributed by atoms with Crippen molar-refractivity contribution in [3.63, 3.8) is 0 Å². The van der Waals surface area contributed by atoms with Gasteiger partial charge in [-0.25, -0.2) is 0 Å². The SMILES string of the molecule is CNC1(CC(=O)O)CC(C)(C)OC1(C)C. The van der Waals surface area contributed by atoms with Crippen molar-refractivity contribution in [2.45, 2.75) is 57.3 Å². The summed E-state index contributed by atoms with van der Waals surface area (Å²) < 4.78 is 5.92. The molecule has 0 amide bonds. The quantitative estimate of drug-likeness (QED) is 0.747. The van der Waals surface area contributed by atoms with Gasteiger partial charge < -0.3 is 15.2 Å². The van der Waals surface area contributed by atoms with Gasteiger partial charge in [0.25, 0.3) is 0 Å². The van der Waals surface area contributed by atoms with E-state index in [4.69, 9.17) is 9.84 Å². The molecule has 1 rings (SSSR count). The molecular weight excluding hydrogens is 194 g/mol. The number of carboxylic acids is 1. The smallest absolute Gasteiger partial charge is 0.305 e. The summed E-state index contributed by atoms with van der Waals surface area (Å²) in [5, 5.41) is 12.1. The van der Waals surface area contributed by atoms with Crippen LogP contribution < -0.4 is 5.32 Å². The minimum atomic E-state index is -0.793. The zero-order valence-corrected chi connectivity index (χ0v) is 10.2. The topological polar surface area (TPSA) is 58.6 Å². The Morgan fingerprint density at radius 2 is 1.93 bits per heavy atom. The highest BCUT2D eigenvalue weighted by Gasteiger charge is 2.57. The van der Waals surface area contributed by atoms with Crippen molar-refractivity contribution in [1.29, 1.82) is 0 Å². The summed E-state index contributed by atoms with van der Waals surface area (Å²) in [6.45, 7) is 7.88. The second-order valence-electron chi connectivity index (χ2n) is 5.45. The molecule has 0 saturated carbocycles. The summed E-state index contributed by atoms with van der Waals surface area (Å²) in [5.74, 6) is -0.793. The van der Waals surface area contributed by atoms with Crippen molar-refractivity contribution in [2.24, 2.45) is 0 Å². The summed E-state index contributed by atoms with van der Waals surface area (Å²) in [4.78, 5) is 10.9. The molecule has 0 radical (unpaired) electrons. The van der Waals surface area contributed by atoms with Crippen LogP contribution in [-0.2, 0) is 9.53 Å². The summed E-state index contributed by atoms with van der Waals surface area (Å²) in [7, 11) is 1.80. The lowest BCUT2D eigenvalue weighted by atomic mass is 9.76. The van der Waals surface area contributed by atoms with E-state index in [9.17, 15) is 4.79 Å². The Morgan fingerprint density at radius 3 is 2.20 bits per heavy atom. The van der Waals surface area contributed by atoms with E-state index in [-0.39, 0.29) is 12.0 Å². The number of rotatable bonds is 3. The molecule has 0 aromatic heterocycles. The molecule has 1 fully saturated rings. The Balaban J connectivity index is 3.03. The van der Waals surface area contributed by atoms with E-state index >= 15 is 0 Å². The van der Waals surface area contributed by atoms with Crippen molar-refractivity contribution in [1.82, 2.24) is 5.32 Å². The molecule has 1 unspecified atom stereocenters. The van der Waals surface area contributed by atoms with Gasteiger partial charge in [0.1, 0.15) is 0 Å². The molecular formula is C11H21NO3. The molecule has 1 aliphatic heterocycles. The van der Waals surface area contributed by atoms with Crippen LogP contribution in [0.25, 0.3) is 0 Å². The Labute approximate surface area is 91.0 Å². The van der Waals surface area contributed by atoms with Crippen LogP contribution in [-0.4, -0.2) is 34.9 Å². The Morgan fingerprint density at radius 1 is 1.40 bits per heavy atom. The number of ether oxygens (including phenoxy) is 1. The maximum Gasteiger partial charge on any atom is 0.305 e. The predicted molar refractivity (Wildman–Crippen MR) is 57.9 cm³/mol. The van der Waals surface area contributed by atoms with Crippen LogP contribution >= 0.6 is 0 Å². The average molecular weight is 215 g/mol. The molecule has 2 N–H and O–H groups in total. The molecule has 1 heterocycles. The number of likely N-dealkylation sites (N-methyl/N-ethyl adjacent to an activating group) is 1. The fourth-order valence-corrected chi connectivity index (χ4v) is 2.78. The number of hydrogen-bond acceptors (Lipinski definition) is 3. The highest BCUT2D eigenvalue weighted by atomic mass is 16.5. The Hall–Kier alpha value is -0.610. The minimum absolute atomic E-state index is 0.0833. The van der Waals surface area contributed by atoms with Crippen molar-refractivity contribution in [3.05, 3.63) is 0 Å². The van der Waals surface area contributed by atoms with E-state index in [0.717, 1.165) is 0 Å². The maximum absolute atomic E-state index is 10.9. The molecule has 0 aromatic carbocycles. The van der Waals surface area contributed by atoms with Crippen molar-refractivity contribution < 1.29 is 14.6 Å². The maximum atomic E-state index is 10.9. The highest BCUT2D eigenvalue weighted by Crippen LogP contribution is 2.46. The summed E-state index contributed by atoms with van der Waals surface area (Å²) in [5.41, 5.74) is -1.23. The summed E-state index contributed by atoms with van der Waals surface area (Å²) in [6.07, 6.45) is 0.787. The number of aliphatic carboxylic acids is 1. The van der Waals surface area contributed by atoms with E-state index in [2.05, 4.69) is 5.32 Å². The average Bonchev–Trinajstić information content (AvgIpc) is 2.15. The lowest BCUT2D eigenvalue weighted by Crippen LogP contribution is -2.57. The third kappa shape index (κ3) is 2.16. The molecule has 0 aromatic rings. The van der Waals surface area contributed by atoms with Crippen LogP contribution in [0.3, 0.4) is 0 Å². The zero-order chi connectivity index (χ0) is 11.9. The zero-order valence-electron chi connectivity index (χ0n) is 10.2. The molecule has 15 heavy (non-hydrogen) atoms. The number of hydrogen-bond donors (Lipinski definition) is 2. The molecule has 0 bridgehead atoms. The van der Waals surface area contributed by atoms with E-state index < -0.39 is 17.1 Å². The minimum Gasteiger partial charge on any atom is -0.481 e. The van der Waals surface area contributed by atoms with Gasteiger partial charge in [-0.05, 0) is 41.2 Å². The van der Waals surface area contributed by atoms with Gasteiger partial charge in [-0.3, -0.25) is 4.79 Å². The predicted octanol–water partition coefficient (Wildman–Crippen LogP) is 1.40. The highest BCUT2D eigenvalue weighted by molar-refractivity contribution is 5.69. The first-order chi connectivity index (χ1) is 6.64. The molecule has 1 atom stereocenters. The van der Waals surface area contributed by atoms with Gasteiger partial charge in [-0.2, -0.15) is 0 Å². The third-order valence-corrected chi connectivity index (χ3v) is 3.34. The fraction of sp³-hybridized carbons (Fsp3) is 0.909. The molecule has 1 aliphatic rings. The monoisotopic (exact) mass is 215 g/mol. The largest absolute Gasteiger partial charge is 0.481 e. The van der Waals surface area contributed by atoms with Gasteiger partial charge in [0.05, 0.1) is 23.2 Å². The number of nitrogens with one attached hydrogen (secondary N) is 1. The third-order valence-electron chi connectivity index (χ3n) is 3.34. The second-order valence-corrected chi connectivity index (χ2v) is 5.45. The molecule has 1 saturated heterocycles. The van der Waals surface area contributed by atoms with Gasteiger partial charge in [0.2, 0.25) is 0 Å². The van der Waals surface area contributed by atoms with Crippen LogP contribution in [0.1, 0.15) is 40.5 Å². The number of carboxylic acid groups (broad SMARTS) is 1. The summed E-state index contributed by atoms with van der Waals surface area (Å²) in [6, 6.07) is 0. The lowest BCUT2D eigenvalue weighted by molar-refractivity contribution is -0.141. The van der Waals surface area contributed by atoms with E-state index in [1.54, 1.807) is 7.05 Å². The van der Waals surface area contributed by atoms with Crippen LogP contribution in [0.2, 0.25) is 0 Å². The lowest BCUT2D eigenvalue weighted by Gasteiger charge is -2.38. The normalized spacial score (nSPS) is 32.9. The first-order valence-corrected chi connectivity index (χ1v) is 5.25. The molecule has 4 nitrogen and oxygen atoms in total. The molecule has 0 spiro atoms. The molecule has 0 aliphatic carbocycles. The van der Waals surface area contributed by atoms with Crippen LogP contribution in [0, 0.1) is 0 Å². The van der Waals surface area contributed by atoms with Gasteiger partial charge >= 0.3 is 5.97 Å². The Bertz CT molecular complexity index is 273.